The lowest BCUT2D eigenvalue weighted by atomic mass is 10.4. The number of likely N-dealkylation sites (N-methyl/N-ethyl adjacent to an activating group) is 1. The third-order valence-electron chi connectivity index (χ3n) is 1.59. The standard InChI is InChI=1S/C9H14N2O2/c1-7-3-4-8(13-7)5-11-9(12)6-10-2/h3-4,10H,5-6H2,1-2H3,(H,11,12). The summed E-state index contributed by atoms with van der Waals surface area (Å²) in [6, 6.07) is 3.73. The van der Waals surface area contributed by atoms with Gasteiger partial charge in [-0.1, -0.05) is 0 Å². The summed E-state index contributed by atoms with van der Waals surface area (Å²) < 4.78 is 5.28. The van der Waals surface area contributed by atoms with Gasteiger partial charge in [-0.05, 0) is 26.1 Å². The van der Waals surface area contributed by atoms with Gasteiger partial charge in [-0.2, -0.15) is 0 Å². The Morgan fingerprint density at radius 2 is 2.31 bits per heavy atom. The van der Waals surface area contributed by atoms with Crippen molar-refractivity contribution in [3.05, 3.63) is 23.7 Å². The maximum atomic E-state index is 11.0. The van der Waals surface area contributed by atoms with Crippen molar-refractivity contribution >= 4 is 5.91 Å². The van der Waals surface area contributed by atoms with E-state index in [1.54, 1.807) is 7.05 Å². The normalized spacial score (nSPS) is 10.0. The fourth-order valence-electron chi connectivity index (χ4n) is 0.989. The number of amides is 1. The SMILES string of the molecule is CNCC(=O)NCc1ccc(C)o1. The number of aryl methyl sites for hydroxylation is 1. The number of carbonyl (C=O) groups excluding carboxylic acids is 1. The minimum atomic E-state index is -0.0310. The molecule has 0 fully saturated rings. The summed E-state index contributed by atoms with van der Waals surface area (Å²) >= 11 is 0. The van der Waals surface area contributed by atoms with E-state index in [1.165, 1.54) is 0 Å². The molecule has 0 aliphatic carbocycles. The van der Waals surface area contributed by atoms with Crippen LogP contribution in [0.1, 0.15) is 11.5 Å². The second-order valence-corrected chi connectivity index (χ2v) is 2.82. The Balaban J connectivity index is 2.30. The van der Waals surface area contributed by atoms with Crippen LogP contribution in [0.3, 0.4) is 0 Å². The Kier molecular flexibility index (Phi) is 3.52. The molecule has 0 aliphatic heterocycles. The minimum Gasteiger partial charge on any atom is -0.465 e. The Labute approximate surface area is 77.3 Å². The van der Waals surface area contributed by atoms with Gasteiger partial charge in [0.2, 0.25) is 5.91 Å². The topological polar surface area (TPSA) is 54.3 Å². The molecule has 72 valence electrons. The molecule has 0 aromatic carbocycles. The lowest BCUT2D eigenvalue weighted by Gasteiger charge is -2.01. The highest BCUT2D eigenvalue weighted by Crippen LogP contribution is 2.04. The average Bonchev–Trinajstić information content (AvgIpc) is 2.49. The summed E-state index contributed by atoms with van der Waals surface area (Å²) in [6.07, 6.45) is 0. The molecule has 1 aromatic heterocycles. The highest BCUT2D eigenvalue weighted by molar-refractivity contribution is 5.77. The van der Waals surface area contributed by atoms with Gasteiger partial charge in [-0.15, -0.1) is 0 Å². The summed E-state index contributed by atoms with van der Waals surface area (Å²) in [5.74, 6) is 1.61. The van der Waals surface area contributed by atoms with Crippen molar-refractivity contribution in [3.63, 3.8) is 0 Å². The van der Waals surface area contributed by atoms with Crippen molar-refractivity contribution in [2.75, 3.05) is 13.6 Å². The summed E-state index contributed by atoms with van der Waals surface area (Å²) in [4.78, 5) is 11.0. The Hall–Kier alpha value is -1.29. The van der Waals surface area contributed by atoms with Crippen LogP contribution in [0.4, 0.5) is 0 Å². The second kappa shape index (κ2) is 4.67. The molecule has 1 amide bonds. The van der Waals surface area contributed by atoms with Crippen molar-refractivity contribution in [2.45, 2.75) is 13.5 Å². The number of hydrogen-bond donors (Lipinski definition) is 2. The molecule has 0 atom stereocenters. The Bertz CT molecular complexity index is 281. The van der Waals surface area contributed by atoms with E-state index < -0.39 is 0 Å². The van der Waals surface area contributed by atoms with E-state index in [1.807, 2.05) is 19.1 Å². The van der Waals surface area contributed by atoms with E-state index in [-0.39, 0.29) is 5.91 Å². The van der Waals surface area contributed by atoms with Gasteiger partial charge in [0.15, 0.2) is 0 Å². The second-order valence-electron chi connectivity index (χ2n) is 2.82. The van der Waals surface area contributed by atoms with Crippen molar-refractivity contribution in [1.29, 1.82) is 0 Å². The summed E-state index contributed by atoms with van der Waals surface area (Å²) in [5, 5.41) is 5.48. The Morgan fingerprint density at radius 1 is 1.54 bits per heavy atom. The van der Waals surface area contributed by atoms with E-state index in [0.29, 0.717) is 13.1 Å². The third-order valence-corrected chi connectivity index (χ3v) is 1.59. The summed E-state index contributed by atoms with van der Waals surface area (Å²) in [5.41, 5.74) is 0. The highest BCUT2D eigenvalue weighted by Gasteiger charge is 2.01. The van der Waals surface area contributed by atoms with Crippen LogP contribution < -0.4 is 10.6 Å². The monoisotopic (exact) mass is 182 g/mol. The molecule has 1 rings (SSSR count). The molecule has 0 saturated heterocycles. The van der Waals surface area contributed by atoms with Crippen LogP contribution in [-0.4, -0.2) is 19.5 Å². The van der Waals surface area contributed by atoms with Crippen LogP contribution in [0.5, 0.6) is 0 Å². The average molecular weight is 182 g/mol. The molecule has 0 bridgehead atoms. The zero-order chi connectivity index (χ0) is 9.68. The fourth-order valence-corrected chi connectivity index (χ4v) is 0.989. The van der Waals surface area contributed by atoms with Crippen molar-refractivity contribution in [3.8, 4) is 0 Å². The van der Waals surface area contributed by atoms with E-state index in [9.17, 15) is 4.79 Å². The van der Waals surface area contributed by atoms with Crippen LogP contribution in [-0.2, 0) is 11.3 Å². The van der Waals surface area contributed by atoms with Crippen molar-refractivity contribution < 1.29 is 9.21 Å². The smallest absolute Gasteiger partial charge is 0.234 e. The molecule has 2 N–H and O–H groups in total. The van der Waals surface area contributed by atoms with Gasteiger partial charge >= 0.3 is 0 Å². The van der Waals surface area contributed by atoms with Crippen LogP contribution in [0.15, 0.2) is 16.5 Å². The first-order valence-corrected chi connectivity index (χ1v) is 4.19. The van der Waals surface area contributed by atoms with Gasteiger partial charge in [0.1, 0.15) is 11.5 Å². The number of carbonyl (C=O) groups is 1. The minimum absolute atomic E-state index is 0.0310. The first-order valence-electron chi connectivity index (χ1n) is 4.19. The molecule has 1 heterocycles. The van der Waals surface area contributed by atoms with Crippen LogP contribution in [0.2, 0.25) is 0 Å². The maximum Gasteiger partial charge on any atom is 0.234 e. The summed E-state index contributed by atoms with van der Waals surface area (Å²) in [7, 11) is 1.73. The zero-order valence-corrected chi connectivity index (χ0v) is 7.89. The van der Waals surface area contributed by atoms with E-state index >= 15 is 0 Å². The van der Waals surface area contributed by atoms with Gasteiger partial charge in [-0.25, -0.2) is 0 Å². The molecule has 4 nitrogen and oxygen atoms in total. The number of furan rings is 1. The predicted molar refractivity (Wildman–Crippen MR) is 49.2 cm³/mol. The van der Waals surface area contributed by atoms with E-state index in [0.717, 1.165) is 11.5 Å². The molecule has 0 radical (unpaired) electrons. The summed E-state index contributed by atoms with van der Waals surface area (Å²) in [6.45, 7) is 2.66. The van der Waals surface area contributed by atoms with Gasteiger partial charge < -0.3 is 15.1 Å². The molecular weight excluding hydrogens is 168 g/mol. The van der Waals surface area contributed by atoms with Gasteiger partial charge in [0, 0.05) is 0 Å². The van der Waals surface area contributed by atoms with Gasteiger partial charge in [0.25, 0.3) is 0 Å². The molecule has 0 unspecified atom stereocenters. The third kappa shape index (κ3) is 3.29. The first kappa shape index (κ1) is 9.80. The molecule has 4 heteroatoms. The van der Waals surface area contributed by atoms with Crippen LogP contribution >= 0.6 is 0 Å². The van der Waals surface area contributed by atoms with E-state index in [4.69, 9.17) is 4.42 Å². The predicted octanol–water partition coefficient (Wildman–Crippen LogP) is 0.424. The molecular formula is C9H14N2O2. The molecule has 0 aliphatic rings. The molecule has 1 aromatic rings. The van der Waals surface area contributed by atoms with Gasteiger partial charge in [0.05, 0.1) is 13.1 Å². The quantitative estimate of drug-likeness (QED) is 0.709. The molecule has 0 saturated carbocycles. The van der Waals surface area contributed by atoms with Gasteiger partial charge in [-0.3, -0.25) is 4.79 Å². The lowest BCUT2D eigenvalue weighted by Crippen LogP contribution is -2.31. The van der Waals surface area contributed by atoms with Crippen molar-refractivity contribution in [2.24, 2.45) is 0 Å². The number of hydrogen-bond acceptors (Lipinski definition) is 3. The Morgan fingerprint density at radius 3 is 2.85 bits per heavy atom. The lowest BCUT2D eigenvalue weighted by molar-refractivity contribution is -0.120. The zero-order valence-electron chi connectivity index (χ0n) is 7.89. The largest absolute Gasteiger partial charge is 0.465 e. The number of rotatable bonds is 4. The van der Waals surface area contributed by atoms with Crippen LogP contribution in [0, 0.1) is 6.92 Å². The maximum absolute atomic E-state index is 11.0. The highest BCUT2D eigenvalue weighted by atomic mass is 16.3. The molecule has 0 spiro atoms. The van der Waals surface area contributed by atoms with E-state index in [2.05, 4.69) is 10.6 Å². The number of nitrogens with one attached hydrogen (secondary N) is 2. The fraction of sp³-hybridized carbons (Fsp3) is 0.444. The van der Waals surface area contributed by atoms with Crippen LogP contribution in [0.25, 0.3) is 0 Å². The first-order chi connectivity index (χ1) is 6.22. The molecule has 13 heavy (non-hydrogen) atoms. The van der Waals surface area contributed by atoms with Crippen molar-refractivity contribution in [1.82, 2.24) is 10.6 Å².